The van der Waals surface area contributed by atoms with E-state index in [4.69, 9.17) is 42.5 Å². The van der Waals surface area contributed by atoms with Gasteiger partial charge in [-0.05, 0) is 17.7 Å². The van der Waals surface area contributed by atoms with E-state index in [1.807, 2.05) is 18.2 Å². The topological polar surface area (TPSA) is 172 Å². The number of hydrogen-bond donors (Lipinski definition) is 5. The highest BCUT2D eigenvalue weighted by molar-refractivity contribution is 7.51. The number of ether oxygens (including phenoxy) is 2. The Bertz CT molecular complexity index is 1190. The molecule has 0 spiro atoms. The van der Waals surface area contributed by atoms with Crippen LogP contribution in [0.5, 0.6) is 0 Å². The van der Waals surface area contributed by atoms with Gasteiger partial charge in [0, 0.05) is 17.6 Å². The molecule has 1 saturated heterocycles. The standard InChI is InChI=1S/C18H20Cl2N5O7P/c19-10-3-1-2-9(4-10)6-21-11-5-13(20)22-17-14(11)23-24-25(17)18-16(27)15(26)12(32-18)7-31-8-33(28,29)30/h1-5,12,15-16,18,26-27H,6-8H2,(H,21,22)(H2,28,29,30)/t12-,15-,16-,18-/m1/s1. The molecule has 1 aliphatic heterocycles. The fraction of sp³-hybridized carbons (Fsp3) is 0.389. The van der Waals surface area contributed by atoms with Gasteiger partial charge in [0.15, 0.2) is 17.4 Å². The van der Waals surface area contributed by atoms with Crippen LogP contribution in [0.1, 0.15) is 11.8 Å². The Balaban J connectivity index is 1.54. The minimum absolute atomic E-state index is 0.134. The van der Waals surface area contributed by atoms with E-state index in [2.05, 4.69) is 20.6 Å². The van der Waals surface area contributed by atoms with Crippen LogP contribution in [0.2, 0.25) is 10.2 Å². The SMILES string of the molecule is O=P(O)(O)COC[C@H]1O[C@@H](n2nnc3c(NCc4cccc(Cl)c4)cc(Cl)nc32)[C@H](O)[C@@H]1O. The van der Waals surface area contributed by atoms with Gasteiger partial charge in [0.05, 0.1) is 12.3 Å². The number of aliphatic hydroxyl groups is 2. The first-order chi connectivity index (χ1) is 15.6. The molecular weight excluding hydrogens is 500 g/mol. The second kappa shape index (κ2) is 9.79. The van der Waals surface area contributed by atoms with Crippen molar-refractivity contribution in [3.63, 3.8) is 0 Å². The second-order valence-electron chi connectivity index (χ2n) is 7.39. The number of nitrogens with zero attached hydrogens (tertiary/aromatic N) is 4. The van der Waals surface area contributed by atoms with Crippen LogP contribution in [0.15, 0.2) is 30.3 Å². The molecule has 33 heavy (non-hydrogen) atoms. The molecule has 5 N–H and O–H groups in total. The van der Waals surface area contributed by atoms with Crippen molar-refractivity contribution in [2.24, 2.45) is 0 Å². The van der Waals surface area contributed by atoms with Gasteiger partial charge in [0.2, 0.25) is 0 Å². The summed E-state index contributed by atoms with van der Waals surface area (Å²) in [7, 11) is -4.38. The molecule has 0 unspecified atom stereocenters. The number of anilines is 1. The molecular formula is C18H20Cl2N5O7P. The fourth-order valence-electron chi connectivity index (χ4n) is 3.39. The predicted octanol–water partition coefficient (Wildman–Crippen LogP) is 1.52. The third kappa shape index (κ3) is 5.62. The Labute approximate surface area is 197 Å². The van der Waals surface area contributed by atoms with Crippen LogP contribution >= 0.6 is 30.8 Å². The maximum Gasteiger partial charge on any atom is 0.350 e. The largest absolute Gasteiger partial charge is 0.387 e. The Hall–Kier alpha value is -1.86. The summed E-state index contributed by atoms with van der Waals surface area (Å²) in [5.41, 5.74) is 2.01. The number of rotatable bonds is 8. The number of hydrogen-bond acceptors (Lipinski definition) is 9. The smallest absolute Gasteiger partial charge is 0.350 e. The van der Waals surface area contributed by atoms with Gasteiger partial charge >= 0.3 is 7.60 Å². The van der Waals surface area contributed by atoms with Crippen molar-refractivity contribution in [2.75, 3.05) is 18.3 Å². The predicted molar refractivity (Wildman–Crippen MR) is 118 cm³/mol. The van der Waals surface area contributed by atoms with Crippen LogP contribution in [-0.4, -0.2) is 71.2 Å². The lowest BCUT2D eigenvalue weighted by atomic mass is 10.1. The lowest BCUT2D eigenvalue weighted by molar-refractivity contribution is -0.0665. The zero-order valence-electron chi connectivity index (χ0n) is 16.8. The molecule has 4 rings (SSSR count). The molecule has 15 heteroatoms. The average molecular weight is 520 g/mol. The van der Waals surface area contributed by atoms with Crippen LogP contribution < -0.4 is 5.32 Å². The summed E-state index contributed by atoms with van der Waals surface area (Å²) in [4.78, 5) is 22.0. The van der Waals surface area contributed by atoms with E-state index in [1.165, 1.54) is 4.68 Å². The van der Waals surface area contributed by atoms with E-state index in [-0.39, 0.29) is 17.4 Å². The molecule has 0 amide bonds. The summed E-state index contributed by atoms with van der Waals surface area (Å²) in [6, 6.07) is 8.88. The van der Waals surface area contributed by atoms with Gasteiger partial charge < -0.3 is 34.8 Å². The van der Waals surface area contributed by atoms with Crippen molar-refractivity contribution in [3.05, 3.63) is 46.1 Å². The Morgan fingerprint density at radius 2 is 2.00 bits per heavy atom. The minimum Gasteiger partial charge on any atom is -0.387 e. The third-order valence-corrected chi connectivity index (χ3v) is 5.84. The number of aromatic nitrogens is 4. The van der Waals surface area contributed by atoms with Gasteiger partial charge in [-0.15, -0.1) is 5.10 Å². The number of nitrogens with one attached hydrogen (secondary N) is 1. The molecule has 4 atom stereocenters. The van der Waals surface area contributed by atoms with E-state index < -0.39 is 38.5 Å². The zero-order valence-corrected chi connectivity index (χ0v) is 19.2. The average Bonchev–Trinajstić information content (AvgIpc) is 3.27. The minimum atomic E-state index is -4.38. The van der Waals surface area contributed by atoms with Crippen LogP contribution in [0.4, 0.5) is 5.69 Å². The fourth-order valence-corrected chi connectivity index (χ4v) is 4.14. The van der Waals surface area contributed by atoms with Gasteiger partial charge in [0.25, 0.3) is 0 Å². The van der Waals surface area contributed by atoms with E-state index in [0.29, 0.717) is 22.8 Å². The van der Waals surface area contributed by atoms with Crippen molar-refractivity contribution in [3.8, 4) is 0 Å². The highest BCUT2D eigenvalue weighted by Crippen LogP contribution is 2.36. The summed E-state index contributed by atoms with van der Waals surface area (Å²) >= 11 is 12.2. The zero-order chi connectivity index (χ0) is 23.8. The van der Waals surface area contributed by atoms with Gasteiger partial charge in [-0.2, -0.15) is 4.68 Å². The molecule has 12 nitrogen and oxygen atoms in total. The van der Waals surface area contributed by atoms with Gasteiger partial charge in [-0.25, -0.2) is 4.98 Å². The number of pyridine rings is 1. The number of benzene rings is 1. The van der Waals surface area contributed by atoms with Gasteiger partial charge in [-0.3, -0.25) is 4.57 Å². The highest BCUT2D eigenvalue weighted by Gasteiger charge is 2.45. The van der Waals surface area contributed by atoms with E-state index in [1.54, 1.807) is 12.1 Å². The molecule has 0 bridgehead atoms. The van der Waals surface area contributed by atoms with Crippen LogP contribution in [-0.2, 0) is 20.6 Å². The molecule has 1 aliphatic rings. The molecule has 0 saturated carbocycles. The maximum absolute atomic E-state index is 10.9. The molecule has 3 aromatic rings. The second-order valence-corrected chi connectivity index (χ2v) is 9.80. The summed E-state index contributed by atoms with van der Waals surface area (Å²) < 4.78 is 22.7. The molecule has 178 valence electrons. The first kappa shape index (κ1) is 24.3. The summed E-state index contributed by atoms with van der Waals surface area (Å²) in [6.45, 7) is 0.0657. The first-order valence-electron chi connectivity index (χ1n) is 9.66. The number of aliphatic hydroxyl groups excluding tert-OH is 2. The molecule has 0 aliphatic carbocycles. The van der Waals surface area contributed by atoms with Crippen molar-refractivity contribution in [1.29, 1.82) is 0 Å². The van der Waals surface area contributed by atoms with Crippen LogP contribution in [0, 0.1) is 0 Å². The molecule has 2 aromatic heterocycles. The van der Waals surface area contributed by atoms with Crippen LogP contribution in [0.3, 0.4) is 0 Å². The van der Waals surface area contributed by atoms with Crippen molar-refractivity contribution in [1.82, 2.24) is 20.0 Å². The Morgan fingerprint density at radius 3 is 2.73 bits per heavy atom. The quantitative estimate of drug-likeness (QED) is 0.215. The number of fused-ring (bicyclic) bond motifs is 1. The van der Waals surface area contributed by atoms with Gasteiger partial charge in [-0.1, -0.05) is 40.5 Å². The molecule has 1 aromatic carbocycles. The van der Waals surface area contributed by atoms with Crippen molar-refractivity contribution < 1.29 is 34.0 Å². The maximum atomic E-state index is 10.9. The third-order valence-electron chi connectivity index (χ3n) is 4.89. The molecule has 1 fully saturated rings. The normalized spacial score (nSPS) is 23.3. The van der Waals surface area contributed by atoms with E-state index >= 15 is 0 Å². The highest BCUT2D eigenvalue weighted by atomic mass is 35.5. The van der Waals surface area contributed by atoms with E-state index in [0.717, 1.165) is 5.56 Å². The monoisotopic (exact) mass is 519 g/mol. The molecule has 3 heterocycles. The molecule has 0 radical (unpaired) electrons. The lowest BCUT2D eigenvalue weighted by Gasteiger charge is -2.15. The summed E-state index contributed by atoms with van der Waals surface area (Å²) in [5, 5.41) is 32.8. The van der Waals surface area contributed by atoms with Crippen molar-refractivity contribution >= 4 is 47.6 Å². The summed E-state index contributed by atoms with van der Waals surface area (Å²) in [5.74, 6) is 0. The first-order valence-corrected chi connectivity index (χ1v) is 12.2. The van der Waals surface area contributed by atoms with E-state index in [9.17, 15) is 14.8 Å². The summed E-state index contributed by atoms with van der Waals surface area (Å²) in [6.07, 6.45) is -5.91. The van der Waals surface area contributed by atoms with Gasteiger partial charge in [0.1, 0.15) is 29.8 Å². The Kier molecular flexibility index (Phi) is 7.20. The Morgan fingerprint density at radius 1 is 1.21 bits per heavy atom. The lowest BCUT2D eigenvalue weighted by Crippen LogP contribution is -2.34. The van der Waals surface area contributed by atoms with Crippen LogP contribution in [0.25, 0.3) is 11.2 Å². The number of halogens is 2. The van der Waals surface area contributed by atoms with Crippen molar-refractivity contribution in [2.45, 2.75) is 31.1 Å².